The summed E-state index contributed by atoms with van der Waals surface area (Å²) < 4.78 is 4.24. The van der Waals surface area contributed by atoms with Crippen molar-refractivity contribution in [2.24, 2.45) is 7.05 Å². The van der Waals surface area contributed by atoms with Crippen molar-refractivity contribution < 1.29 is 0 Å². The van der Waals surface area contributed by atoms with E-state index < -0.39 is 0 Å². The number of hydrogen-bond donors (Lipinski definition) is 1. The fraction of sp³-hybridized carbons (Fsp3) is 0.308. The minimum Gasteiger partial charge on any atom is -0.380 e. The van der Waals surface area contributed by atoms with Gasteiger partial charge >= 0.3 is 0 Å². The minimum atomic E-state index is 0.796. The fourth-order valence-electron chi connectivity index (χ4n) is 1.89. The fourth-order valence-corrected chi connectivity index (χ4v) is 3.33. The van der Waals surface area contributed by atoms with Crippen LogP contribution in [0, 0.1) is 17.4 Å². The van der Waals surface area contributed by atoms with E-state index in [0.29, 0.717) is 0 Å². The number of nitrogens with one attached hydrogen (secondary N) is 1. The molecule has 0 fully saturated rings. The molecule has 0 radical (unpaired) electrons. The van der Waals surface area contributed by atoms with Crippen LogP contribution in [0.25, 0.3) is 0 Å². The van der Waals surface area contributed by atoms with Crippen LogP contribution in [0.3, 0.4) is 0 Å². The summed E-state index contributed by atoms with van der Waals surface area (Å²) in [6.45, 7) is 4.94. The average Bonchev–Trinajstić information content (AvgIpc) is 2.53. The van der Waals surface area contributed by atoms with Crippen LogP contribution in [0.15, 0.2) is 22.7 Å². The Kier molecular flexibility index (Phi) is 4.32. The molecule has 1 aromatic carbocycles. The molecule has 0 spiro atoms. The lowest BCUT2D eigenvalue weighted by Gasteiger charge is -2.09. The first-order chi connectivity index (χ1) is 8.49. The molecule has 2 rings (SSSR count). The number of aryl methyl sites for hydroxylation is 2. The maximum atomic E-state index is 4.42. The Morgan fingerprint density at radius 2 is 2.11 bits per heavy atom. The van der Waals surface area contributed by atoms with Gasteiger partial charge in [-0.2, -0.15) is 5.10 Å². The van der Waals surface area contributed by atoms with Gasteiger partial charge in [0.05, 0.1) is 5.69 Å². The molecule has 96 valence electrons. The second kappa shape index (κ2) is 5.61. The van der Waals surface area contributed by atoms with Gasteiger partial charge in [0.25, 0.3) is 0 Å². The van der Waals surface area contributed by atoms with Crippen molar-refractivity contribution in [1.82, 2.24) is 9.78 Å². The Morgan fingerprint density at radius 1 is 1.39 bits per heavy atom. The number of benzene rings is 1. The van der Waals surface area contributed by atoms with Gasteiger partial charge < -0.3 is 5.32 Å². The maximum absolute atomic E-state index is 4.42. The van der Waals surface area contributed by atoms with Crippen molar-refractivity contribution in [2.45, 2.75) is 20.4 Å². The summed E-state index contributed by atoms with van der Waals surface area (Å²) in [5.41, 5.74) is 4.67. The molecule has 0 saturated carbocycles. The number of nitrogens with zero attached hydrogens (tertiary/aromatic N) is 2. The minimum absolute atomic E-state index is 0.796. The van der Waals surface area contributed by atoms with Gasteiger partial charge in [0.1, 0.15) is 0 Å². The van der Waals surface area contributed by atoms with Crippen LogP contribution in [0.2, 0.25) is 0 Å². The molecular formula is C13H15BrIN3. The summed E-state index contributed by atoms with van der Waals surface area (Å²) in [6.07, 6.45) is 0. The van der Waals surface area contributed by atoms with E-state index in [1.807, 2.05) is 18.7 Å². The number of aromatic nitrogens is 2. The highest BCUT2D eigenvalue weighted by Gasteiger charge is 2.09. The predicted octanol–water partition coefficient (Wildman–Crippen LogP) is 4.02. The van der Waals surface area contributed by atoms with E-state index in [1.165, 1.54) is 14.8 Å². The van der Waals surface area contributed by atoms with Crippen LogP contribution in [0.5, 0.6) is 0 Å². The first-order valence-electron chi connectivity index (χ1n) is 5.67. The molecule has 0 aliphatic carbocycles. The van der Waals surface area contributed by atoms with Crippen LogP contribution < -0.4 is 5.32 Å². The van der Waals surface area contributed by atoms with Gasteiger partial charge in [-0.25, -0.2) is 0 Å². The van der Waals surface area contributed by atoms with Gasteiger partial charge in [0.15, 0.2) is 0 Å². The Labute approximate surface area is 129 Å². The lowest BCUT2D eigenvalue weighted by atomic mass is 10.2. The smallest absolute Gasteiger partial charge is 0.0646 e. The molecule has 1 N–H and O–H groups in total. The van der Waals surface area contributed by atoms with Crippen LogP contribution >= 0.6 is 38.5 Å². The third-order valence-electron chi connectivity index (χ3n) is 3.05. The van der Waals surface area contributed by atoms with Crippen molar-refractivity contribution in [1.29, 1.82) is 0 Å². The molecule has 0 saturated heterocycles. The Balaban J connectivity index is 2.16. The molecular weight excluding hydrogens is 405 g/mol. The van der Waals surface area contributed by atoms with E-state index in [9.17, 15) is 0 Å². The van der Waals surface area contributed by atoms with E-state index in [-0.39, 0.29) is 0 Å². The van der Waals surface area contributed by atoms with E-state index in [2.05, 4.69) is 74.1 Å². The first kappa shape index (κ1) is 13.9. The normalized spacial score (nSPS) is 10.7. The molecule has 0 aliphatic rings. The third kappa shape index (κ3) is 2.88. The van der Waals surface area contributed by atoms with Gasteiger partial charge in [0.2, 0.25) is 0 Å². The zero-order valence-corrected chi connectivity index (χ0v) is 14.3. The van der Waals surface area contributed by atoms with E-state index in [4.69, 9.17) is 0 Å². The van der Waals surface area contributed by atoms with E-state index in [0.717, 1.165) is 22.4 Å². The summed E-state index contributed by atoms with van der Waals surface area (Å²) in [5, 5.41) is 7.87. The van der Waals surface area contributed by atoms with Crippen LogP contribution in [0.4, 0.5) is 5.69 Å². The highest BCUT2D eigenvalue weighted by atomic mass is 127. The number of rotatable bonds is 3. The topological polar surface area (TPSA) is 29.9 Å². The Morgan fingerprint density at radius 3 is 2.67 bits per heavy atom. The van der Waals surface area contributed by atoms with Crippen LogP contribution in [-0.2, 0) is 13.6 Å². The highest BCUT2D eigenvalue weighted by molar-refractivity contribution is 14.1. The van der Waals surface area contributed by atoms with Gasteiger partial charge in [-0.3, -0.25) is 4.68 Å². The molecule has 18 heavy (non-hydrogen) atoms. The molecule has 0 bridgehead atoms. The molecule has 1 aromatic heterocycles. The van der Waals surface area contributed by atoms with Gasteiger partial charge in [0, 0.05) is 38.6 Å². The molecule has 5 heteroatoms. The van der Waals surface area contributed by atoms with Crippen molar-refractivity contribution in [3.63, 3.8) is 0 Å². The van der Waals surface area contributed by atoms with Crippen molar-refractivity contribution >= 4 is 44.2 Å². The van der Waals surface area contributed by atoms with Crippen LogP contribution in [0.1, 0.15) is 17.0 Å². The quantitative estimate of drug-likeness (QED) is 0.761. The molecule has 0 unspecified atom stereocenters. The summed E-state index contributed by atoms with van der Waals surface area (Å²) in [6, 6.07) is 6.29. The zero-order valence-electron chi connectivity index (χ0n) is 10.6. The number of hydrogen-bond acceptors (Lipinski definition) is 2. The lowest BCUT2D eigenvalue weighted by molar-refractivity contribution is 0.730. The van der Waals surface area contributed by atoms with Gasteiger partial charge in [-0.15, -0.1) is 0 Å². The highest BCUT2D eigenvalue weighted by Crippen LogP contribution is 2.25. The maximum Gasteiger partial charge on any atom is 0.0646 e. The molecule has 0 amide bonds. The van der Waals surface area contributed by atoms with Crippen molar-refractivity contribution in [2.75, 3.05) is 5.32 Å². The molecule has 0 atom stereocenters. The summed E-state index contributed by atoms with van der Waals surface area (Å²) in [4.78, 5) is 0. The number of halogens is 2. The Hall–Kier alpha value is -0.560. The molecule has 1 heterocycles. The molecule has 2 aromatic rings. The molecule has 0 aliphatic heterocycles. The Bertz CT molecular complexity index is 578. The third-order valence-corrected chi connectivity index (χ3v) is 4.37. The monoisotopic (exact) mass is 419 g/mol. The van der Waals surface area contributed by atoms with Crippen LogP contribution in [-0.4, -0.2) is 9.78 Å². The number of anilines is 1. The lowest BCUT2D eigenvalue weighted by Crippen LogP contribution is -2.03. The summed E-state index contributed by atoms with van der Waals surface area (Å²) in [7, 11) is 1.98. The van der Waals surface area contributed by atoms with Crippen molar-refractivity contribution in [3.05, 3.63) is 43.2 Å². The van der Waals surface area contributed by atoms with E-state index in [1.54, 1.807) is 0 Å². The second-order valence-electron chi connectivity index (χ2n) is 4.25. The average molecular weight is 420 g/mol. The van der Waals surface area contributed by atoms with Crippen molar-refractivity contribution in [3.8, 4) is 0 Å². The molecule has 3 nitrogen and oxygen atoms in total. The van der Waals surface area contributed by atoms with E-state index >= 15 is 0 Å². The standard InChI is InChI=1S/C13H15BrIN3/c1-8-11(9(2)18(3)17-8)7-16-13-5-4-10(15)6-12(13)14/h4-6,16H,7H2,1-3H3. The predicted molar refractivity (Wildman–Crippen MR) is 86.9 cm³/mol. The summed E-state index contributed by atoms with van der Waals surface area (Å²) in [5.74, 6) is 0. The van der Waals surface area contributed by atoms with Gasteiger partial charge in [-0.1, -0.05) is 0 Å². The largest absolute Gasteiger partial charge is 0.380 e. The first-order valence-corrected chi connectivity index (χ1v) is 7.54. The second-order valence-corrected chi connectivity index (χ2v) is 6.35. The van der Waals surface area contributed by atoms with Gasteiger partial charge in [-0.05, 0) is 70.6 Å². The SMILES string of the molecule is Cc1nn(C)c(C)c1CNc1ccc(I)cc1Br. The zero-order chi connectivity index (χ0) is 13.3. The summed E-state index contributed by atoms with van der Waals surface area (Å²) >= 11 is 5.88.